The smallest absolute Gasteiger partial charge is 0.209 e. The molecule has 0 fully saturated rings. The molecule has 1 N–H and O–H groups in total. The Labute approximate surface area is 409 Å². The quantitative estimate of drug-likeness (QED) is 0.173. The van der Waals surface area contributed by atoms with Gasteiger partial charge in [-0.15, -0.1) is 0 Å². The summed E-state index contributed by atoms with van der Waals surface area (Å²) in [6.07, 6.45) is 2.37. The Morgan fingerprint density at radius 1 is 0.429 bits per heavy atom. The molecule has 2 aromatic heterocycles. The highest BCUT2D eigenvalue weighted by Gasteiger charge is 2.33. The van der Waals surface area contributed by atoms with Gasteiger partial charge in [0.15, 0.2) is 0 Å². The molecule has 0 saturated heterocycles. The number of anilines is 3. The van der Waals surface area contributed by atoms with E-state index in [4.69, 9.17) is 4.99 Å². The van der Waals surface area contributed by atoms with Crippen LogP contribution in [0, 0.1) is 0 Å². The van der Waals surface area contributed by atoms with Crippen molar-refractivity contribution >= 4 is 99.8 Å². The first-order valence-electron chi connectivity index (χ1n) is 23.8. The maximum Gasteiger partial charge on any atom is 0.209 e. The number of aromatic nitrogens is 2. The van der Waals surface area contributed by atoms with Gasteiger partial charge in [-0.2, -0.15) is 0 Å². The summed E-state index contributed by atoms with van der Waals surface area (Å²) in [5.74, 6) is 0.797. The molecule has 1 unspecified atom stereocenters. The van der Waals surface area contributed by atoms with Crippen LogP contribution in [0.4, 0.5) is 17.1 Å². The van der Waals surface area contributed by atoms with Crippen LogP contribution in [0.2, 0.25) is 0 Å². The van der Waals surface area contributed by atoms with Crippen molar-refractivity contribution in [2.45, 2.75) is 6.04 Å². The molecule has 70 heavy (non-hydrogen) atoms. The second-order valence-electron chi connectivity index (χ2n) is 18.0. The van der Waals surface area contributed by atoms with E-state index in [9.17, 15) is 0 Å². The van der Waals surface area contributed by atoms with Gasteiger partial charge in [0, 0.05) is 59.7 Å². The topological polar surface area (TPSA) is 37.5 Å². The van der Waals surface area contributed by atoms with E-state index in [-0.39, 0.29) is 6.04 Å². The van der Waals surface area contributed by atoms with Crippen LogP contribution in [0.15, 0.2) is 259 Å². The molecule has 0 aliphatic carbocycles. The number of nitrogens with one attached hydrogen (secondary N) is 1. The molecule has 2 aliphatic heterocycles. The van der Waals surface area contributed by atoms with Crippen molar-refractivity contribution in [2.24, 2.45) is 4.99 Å². The lowest BCUT2D eigenvalue weighted by Crippen LogP contribution is -2.40. The lowest BCUT2D eigenvalue weighted by molar-refractivity contribution is 0.835. The number of thioether (sulfide) groups is 1. The molecule has 10 aromatic carbocycles. The maximum absolute atomic E-state index is 5.70. The second kappa shape index (κ2) is 16.4. The molecule has 2 aliphatic rings. The van der Waals surface area contributed by atoms with Gasteiger partial charge in [-0.1, -0.05) is 176 Å². The molecule has 0 amide bonds. The van der Waals surface area contributed by atoms with Crippen molar-refractivity contribution in [2.75, 3.05) is 4.90 Å². The standard InChI is InChI=1S/C64H43N5S/c1-5-19-43(20-6-1)59-41-54-63(70-59)62(44-32-36-49(37-33-44)67(46-21-7-2-8-22-46)47-23-9-3-10-24-47)66-64(65-54)69-56-38-35-45(40-53(56)61-50-27-14-13-18-42(50)34-39-58(61)69)51-29-17-31-57-60(51)52-28-15-16-30-55(52)68(57)48-25-11-4-12-26-48/h1-41,54H,(H,65,66). The second-order valence-corrected chi connectivity index (χ2v) is 19.0. The van der Waals surface area contributed by atoms with Crippen LogP contribution in [0.3, 0.4) is 0 Å². The van der Waals surface area contributed by atoms with Gasteiger partial charge in [-0.05, 0) is 112 Å². The lowest BCUT2D eigenvalue weighted by Gasteiger charge is -2.27. The number of benzene rings is 10. The highest BCUT2D eigenvalue weighted by atomic mass is 32.2. The van der Waals surface area contributed by atoms with Gasteiger partial charge in [0.1, 0.15) is 0 Å². The first-order valence-corrected chi connectivity index (χ1v) is 24.6. The van der Waals surface area contributed by atoms with Crippen LogP contribution < -0.4 is 10.2 Å². The van der Waals surface area contributed by atoms with Gasteiger partial charge >= 0.3 is 0 Å². The first kappa shape index (κ1) is 40.2. The minimum atomic E-state index is -0.0840. The summed E-state index contributed by atoms with van der Waals surface area (Å²) in [7, 11) is 0. The fourth-order valence-electron chi connectivity index (χ4n) is 10.8. The first-order chi connectivity index (χ1) is 34.7. The largest absolute Gasteiger partial charge is 0.344 e. The summed E-state index contributed by atoms with van der Waals surface area (Å²) in [5.41, 5.74) is 14.6. The molecular weight excluding hydrogens is 871 g/mol. The van der Waals surface area contributed by atoms with Crippen LogP contribution >= 0.6 is 11.8 Å². The normalized spacial score (nSPS) is 14.6. The highest BCUT2D eigenvalue weighted by Crippen LogP contribution is 2.49. The number of hydrogen-bond acceptors (Lipinski definition) is 4. The summed E-state index contributed by atoms with van der Waals surface area (Å²) < 4.78 is 4.76. The van der Waals surface area contributed by atoms with E-state index in [2.05, 4.69) is 268 Å². The van der Waals surface area contributed by atoms with E-state index in [0.717, 1.165) is 51.0 Å². The maximum atomic E-state index is 5.70. The van der Waals surface area contributed by atoms with Crippen LogP contribution in [0.1, 0.15) is 11.1 Å². The van der Waals surface area contributed by atoms with Gasteiger partial charge in [-0.3, -0.25) is 4.57 Å². The molecule has 14 rings (SSSR count). The van der Waals surface area contributed by atoms with E-state index in [1.54, 1.807) is 0 Å². The Morgan fingerprint density at radius 3 is 1.77 bits per heavy atom. The Balaban J connectivity index is 0.959. The van der Waals surface area contributed by atoms with Crippen molar-refractivity contribution in [3.05, 3.63) is 265 Å². The van der Waals surface area contributed by atoms with Crippen molar-refractivity contribution < 1.29 is 0 Å². The van der Waals surface area contributed by atoms with Crippen LogP contribution in [0.25, 0.3) is 81.8 Å². The van der Waals surface area contributed by atoms with E-state index in [0.29, 0.717) is 0 Å². The van der Waals surface area contributed by atoms with Crippen molar-refractivity contribution in [1.82, 2.24) is 14.5 Å². The summed E-state index contributed by atoms with van der Waals surface area (Å²) in [6.45, 7) is 0. The Morgan fingerprint density at radius 2 is 1.01 bits per heavy atom. The molecular formula is C64H43N5S. The predicted octanol–water partition coefficient (Wildman–Crippen LogP) is 16.5. The third-order valence-corrected chi connectivity index (χ3v) is 15.2. The Bertz CT molecular complexity index is 4060. The van der Waals surface area contributed by atoms with E-state index in [1.807, 2.05) is 11.8 Å². The number of nitrogens with zero attached hydrogens (tertiary/aromatic N) is 4. The van der Waals surface area contributed by atoms with E-state index in [1.165, 1.54) is 69.9 Å². The summed E-state index contributed by atoms with van der Waals surface area (Å²) in [5, 5.41) is 11.3. The van der Waals surface area contributed by atoms with E-state index < -0.39 is 0 Å². The van der Waals surface area contributed by atoms with Gasteiger partial charge < -0.3 is 14.8 Å². The minimum Gasteiger partial charge on any atom is -0.344 e. The fraction of sp³-hybridized carbons (Fsp3) is 0.0156. The monoisotopic (exact) mass is 913 g/mol. The van der Waals surface area contributed by atoms with Crippen molar-refractivity contribution in [3.63, 3.8) is 0 Å². The molecule has 12 aromatic rings. The van der Waals surface area contributed by atoms with Crippen LogP contribution in [0.5, 0.6) is 0 Å². The Hall–Kier alpha value is -8.84. The number of para-hydroxylation sites is 4. The zero-order valence-electron chi connectivity index (χ0n) is 37.9. The zero-order valence-corrected chi connectivity index (χ0v) is 38.8. The Kier molecular flexibility index (Phi) is 9.45. The summed E-state index contributed by atoms with van der Waals surface area (Å²) in [4.78, 5) is 10.4. The summed E-state index contributed by atoms with van der Waals surface area (Å²) in [6, 6.07) is 87.3. The number of aliphatic imine (C=N–C) groups is 1. The molecule has 0 radical (unpaired) electrons. The number of rotatable bonds is 7. The fourth-order valence-corrected chi connectivity index (χ4v) is 12.0. The highest BCUT2D eigenvalue weighted by molar-refractivity contribution is 8.12. The molecule has 6 heteroatoms. The number of hydrogen-bond donors (Lipinski definition) is 1. The molecule has 4 heterocycles. The van der Waals surface area contributed by atoms with Crippen molar-refractivity contribution in [1.29, 1.82) is 0 Å². The van der Waals surface area contributed by atoms with Crippen molar-refractivity contribution in [3.8, 4) is 16.8 Å². The lowest BCUT2D eigenvalue weighted by atomic mass is 9.97. The number of fused-ring (bicyclic) bond motifs is 9. The van der Waals surface area contributed by atoms with Gasteiger partial charge in [0.05, 0.1) is 33.8 Å². The SMILES string of the molecule is C1=C(c2ccccc2)SC2=C(c3ccc(N(c4ccccc4)c4ccccc4)cc3)N=C(n3c4ccc(-c5cccc6c5c5ccccc5n6-c5ccccc5)cc4c4c5ccccc5ccc43)NC12. The predicted molar refractivity (Wildman–Crippen MR) is 297 cm³/mol. The minimum absolute atomic E-state index is 0.0840. The van der Waals surface area contributed by atoms with Gasteiger partial charge in [-0.25, -0.2) is 4.99 Å². The summed E-state index contributed by atoms with van der Waals surface area (Å²) >= 11 is 1.81. The third kappa shape index (κ3) is 6.52. The molecule has 5 nitrogen and oxygen atoms in total. The third-order valence-electron chi connectivity index (χ3n) is 13.9. The molecule has 330 valence electrons. The van der Waals surface area contributed by atoms with Gasteiger partial charge in [0.2, 0.25) is 5.96 Å². The molecule has 0 spiro atoms. The van der Waals surface area contributed by atoms with Crippen LogP contribution in [-0.2, 0) is 0 Å². The van der Waals surface area contributed by atoms with Gasteiger partial charge in [0.25, 0.3) is 0 Å². The molecule has 0 saturated carbocycles. The van der Waals surface area contributed by atoms with Crippen LogP contribution in [-0.4, -0.2) is 21.1 Å². The molecule has 0 bridgehead atoms. The average Bonchev–Trinajstić information content (AvgIpc) is 4.13. The molecule has 1 atom stereocenters. The average molecular weight is 914 g/mol. The zero-order chi connectivity index (χ0) is 46.1. The van der Waals surface area contributed by atoms with E-state index >= 15 is 0 Å².